The van der Waals surface area contributed by atoms with Crippen LogP contribution in [0.15, 0.2) is 75.7 Å². The number of methoxy groups -OCH3 is 1. The second-order valence-corrected chi connectivity index (χ2v) is 9.34. The van der Waals surface area contributed by atoms with Crippen molar-refractivity contribution < 1.29 is 19.1 Å². The van der Waals surface area contributed by atoms with Crippen molar-refractivity contribution in [2.75, 3.05) is 13.7 Å². The standard InChI is InChI=1S/C26H26Br2N2O4/c1-3-4-13-34-23-16-17(11-12-22(23)33-2)24(29-25(31)18-7-5-9-20(27)14-18)30-26(32)19-8-6-10-21(28)15-19/h5-12,14-16,24H,3-4,13H2,1-2H3,(H,29,31)(H,30,32). The highest BCUT2D eigenvalue weighted by Crippen LogP contribution is 2.30. The minimum atomic E-state index is -0.808. The molecule has 8 heteroatoms. The molecule has 0 aliphatic heterocycles. The first-order valence-electron chi connectivity index (χ1n) is 10.8. The van der Waals surface area contributed by atoms with Gasteiger partial charge in [-0.25, -0.2) is 0 Å². The highest BCUT2D eigenvalue weighted by atomic mass is 79.9. The lowest BCUT2D eigenvalue weighted by Gasteiger charge is -2.22. The fraction of sp³-hybridized carbons (Fsp3) is 0.231. The van der Waals surface area contributed by atoms with Gasteiger partial charge in [0.15, 0.2) is 11.5 Å². The number of nitrogens with one attached hydrogen (secondary N) is 2. The van der Waals surface area contributed by atoms with Crippen molar-refractivity contribution in [1.82, 2.24) is 10.6 Å². The van der Waals surface area contributed by atoms with E-state index in [1.165, 1.54) is 0 Å². The van der Waals surface area contributed by atoms with Crippen molar-refractivity contribution in [1.29, 1.82) is 0 Å². The molecule has 3 aromatic rings. The van der Waals surface area contributed by atoms with Gasteiger partial charge in [-0.15, -0.1) is 0 Å². The molecule has 3 rings (SSSR count). The smallest absolute Gasteiger partial charge is 0.253 e. The predicted octanol–water partition coefficient (Wildman–Crippen LogP) is 6.26. The summed E-state index contributed by atoms with van der Waals surface area (Å²) in [5, 5.41) is 5.85. The summed E-state index contributed by atoms with van der Waals surface area (Å²) in [7, 11) is 1.57. The highest BCUT2D eigenvalue weighted by Gasteiger charge is 2.21. The predicted molar refractivity (Wildman–Crippen MR) is 139 cm³/mol. The zero-order valence-corrected chi connectivity index (χ0v) is 22.1. The van der Waals surface area contributed by atoms with Gasteiger partial charge in [0.25, 0.3) is 11.8 Å². The Labute approximate surface area is 216 Å². The molecule has 0 unspecified atom stereocenters. The molecule has 0 heterocycles. The monoisotopic (exact) mass is 588 g/mol. The van der Waals surface area contributed by atoms with Gasteiger partial charge < -0.3 is 20.1 Å². The number of carbonyl (C=O) groups excluding carboxylic acids is 2. The normalized spacial score (nSPS) is 10.6. The van der Waals surface area contributed by atoms with Crippen LogP contribution >= 0.6 is 31.9 Å². The van der Waals surface area contributed by atoms with E-state index in [2.05, 4.69) is 49.4 Å². The molecule has 178 valence electrons. The zero-order chi connectivity index (χ0) is 24.5. The Hall–Kier alpha value is -2.84. The average molecular weight is 590 g/mol. The Balaban J connectivity index is 1.92. The molecule has 0 bridgehead atoms. The van der Waals surface area contributed by atoms with Crippen molar-refractivity contribution in [3.8, 4) is 11.5 Å². The first kappa shape index (κ1) is 25.8. The summed E-state index contributed by atoms with van der Waals surface area (Å²) >= 11 is 6.78. The van der Waals surface area contributed by atoms with Gasteiger partial charge in [-0.2, -0.15) is 0 Å². The SMILES string of the molecule is CCCCOc1cc(C(NC(=O)c2cccc(Br)c2)NC(=O)c2cccc(Br)c2)ccc1OC. The van der Waals surface area contributed by atoms with Crippen LogP contribution in [0.3, 0.4) is 0 Å². The summed E-state index contributed by atoms with van der Waals surface area (Å²) in [4.78, 5) is 26.0. The molecule has 2 amide bonds. The molecular weight excluding hydrogens is 564 g/mol. The maximum Gasteiger partial charge on any atom is 0.253 e. The number of benzene rings is 3. The zero-order valence-electron chi connectivity index (χ0n) is 18.9. The largest absolute Gasteiger partial charge is 0.493 e. The number of ether oxygens (including phenoxy) is 2. The molecule has 0 atom stereocenters. The molecule has 6 nitrogen and oxygen atoms in total. The number of amides is 2. The van der Waals surface area contributed by atoms with Crippen molar-refractivity contribution >= 4 is 43.7 Å². The molecular formula is C26H26Br2N2O4. The van der Waals surface area contributed by atoms with Crippen molar-refractivity contribution in [3.63, 3.8) is 0 Å². The van der Waals surface area contributed by atoms with Gasteiger partial charge in [0.05, 0.1) is 13.7 Å². The van der Waals surface area contributed by atoms with Gasteiger partial charge in [-0.1, -0.05) is 63.4 Å². The average Bonchev–Trinajstić information content (AvgIpc) is 2.83. The van der Waals surface area contributed by atoms with E-state index in [9.17, 15) is 9.59 Å². The van der Waals surface area contributed by atoms with Crippen LogP contribution in [-0.4, -0.2) is 25.5 Å². The van der Waals surface area contributed by atoms with Gasteiger partial charge >= 0.3 is 0 Å². The number of halogens is 2. The third-order valence-electron chi connectivity index (χ3n) is 5.00. The van der Waals surface area contributed by atoms with Crippen LogP contribution in [0, 0.1) is 0 Å². The van der Waals surface area contributed by atoms with E-state index < -0.39 is 6.17 Å². The maximum absolute atomic E-state index is 13.0. The quantitative estimate of drug-likeness (QED) is 0.216. The van der Waals surface area contributed by atoms with Gasteiger partial charge in [0.1, 0.15) is 6.17 Å². The van der Waals surface area contributed by atoms with E-state index in [1.807, 2.05) is 12.1 Å². The van der Waals surface area contributed by atoms with E-state index >= 15 is 0 Å². The molecule has 0 spiro atoms. The van der Waals surface area contributed by atoms with E-state index in [4.69, 9.17) is 9.47 Å². The maximum atomic E-state index is 13.0. The third-order valence-corrected chi connectivity index (χ3v) is 5.99. The van der Waals surface area contributed by atoms with Crippen LogP contribution < -0.4 is 20.1 Å². The van der Waals surface area contributed by atoms with Gasteiger partial charge in [0.2, 0.25) is 0 Å². The first-order valence-corrected chi connectivity index (χ1v) is 12.4. The second kappa shape index (κ2) is 12.6. The van der Waals surface area contributed by atoms with Crippen LogP contribution in [-0.2, 0) is 0 Å². The van der Waals surface area contributed by atoms with Crippen molar-refractivity contribution in [2.45, 2.75) is 25.9 Å². The van der Waals surface area contributed by atoms with Gasteiger partial charge in [-0.05, 0) is 60.5 Å². The van der Waals surface area contributed by atoms with E-state index in [1.54, 1.807) is 61.7 Å². The molecule has 0 saturated heterocycles. The van der Waals surface area contributed by atoms with E-state index in [0.29, 0.717) is 34.8 Å². The lowest BCUT2D eigenvalue weighted by atomic mass is 10.1. The number of hydrogen-bond acceptors (Lipinski definition) is 4. The van der Waals surface area contributed by atoms with Crippen LogP contribution in [0.5, 0.6) is 11.5 Å². The lowest BCUT2D eigenvalue weighted by Crippen LogP contribution is -2.41. The summed E-state index contributed by atoms with van der Waals surface area (Å²) in [6.07, 6.45) is 1.09. The Kier molecular flexibility index (Phi) is 9.53. The molecule has 0 aromatic heterocycles. The summed E-state index contributed by atoms with van der Waals surface area (Å²) in [5.74, 6) is 0.470. The van der Waals surface area contributed by atoms with Crippen LogP contribution in [0.2, 0.25) is 0 Å². The molecule has 0 saturated carbocycles. The summed E-state index contributed by atoms with van der Waals surface area (Å²) < 4.78 is 12.9. The molecule has 2 N–H and O–H groups in total. The molecule has 0 fully saturated rings. The number of hydrogen-bond donors (Lipinski definition) is 2. The summed E-state index contributed by atoms with van der Waals surface area (Å²) in [5.41, 5.74) is 1.58. The van der Waals surface area contributed by atoms with Crippen molar-refractivity contribution in [2.24, 2.45) is 0 Å². The second-order valence-electron chi connectivity index (χ2n) is 7.51. The van der Waals surface area contributed by atoms with Crippen LogP contribution in [0.25, 0.3) is 0 Å². The summed E-state index contributed by atoms with van der Waals surface area (Å²) in [6.45, 7) is 2.62. The Morgan fingerprint density at radius 1 is 0.853 bits per heavy atom. The van der Waals surface area contributed by atoms with Crippen LogP contribution in [0.1, 0.15) is 52.2 Å². The van der Waals surface area contributed by atoms with Gasteiger partial charge in [-0.3, -0.25) is 9.59 Å². The Morgan fingerprint density at radius 2 is 1.44 bits per heavy atom. The number of unbranched alkanes of at least 4 members (excludes halogenated alkanes) is 1. The highest BCUT2D eigenvalue weighted by molar-refractivity contribution is 9.10. The molecule has 0 radical (unpaired) electrons. The van der Waals surface area contributed by atoms with Crippen molar-refractivity contribution in [3.05, 3.63) is 92.4 Å². The van der Waals surface area contributed by atoms with E-state index in [0.717, 1.165) is 21.8 Å². The molecule has 0 aliphatic carbocycles. The fourth-order valence-electron chi connectivity index (χ4n) is 3.20. The minimum Gasteiger partial charge on any atom is -0.493 e. The number of carbonyl (C=O) groups is 2. The summed E-state index contributed by atoms with van der Waals surface area (Å²) in [6, 6.07) is 19.4. The Bertz CT molecular complexity index is 1090. The molecule has 34 heavy (non-hydrogen) atoms. The lowest BCUT2D eigenvalue weighted by molar-refractivity contribution is 0.0883. The molecule has 0 aliphatic rings. The first-order chi connectivity index (χ1) is 16.4. The Morgan fingerprint density at radius 3 is 1.94 bits per heavy atom. The van der Waals surface area contributed by atoms with E-state index in [-0.39, 0.29) is 11.8 Å². The van der Waals surface area contributed by atoms with Gasteiger partial charge in [0, 0.05) is 20.1 Å². The fourth-order valence-corrected chi connectivity index (χ4v) is 4.00. The molecule has 3 aromatic carbocycles. The third kappa shape index (κ3) is 7.08. The minimum absolute atomic E-state index is 0.329. The number of rotatable bonds is 10. The topological polar surface area (TPSA) is 76.7 Å². The van der Waals surface area contributed by atoms with Crippen LogP contribution in [0.4, 0.5) is 0 Å².